The number of benzene rings is 2. The van der Waals surface area contributed by atoms with Crippen LogP contribution < -0.4 is 9.47 Å². The van der Waals surface area contributed by atoms with Crippen LogP contribution in [-0.4, -0.2) is 97.5 Å². The van der Waals surface area contributed by atoms with Crippen molar-refractivity contribution in [3.05, 3.63) is 59.3 Å². The summed E-state index contributed by atoms with van der Waals surface area (Å²) in [5, 5.41) is 9.75. The minimum absolute atomic E-state index is 0.0186. The summed E-state index contributed by atoms with van der Waals surface area (Å²) in [6.45, 7) is 2.29. The molecule has 39 heavy (non-hydrogen) atoms. The third-order valence-corrected chi connectivity index (χ3v) is 7.29. The third kappa shape index (κ3) is 4.82. The van der Waals surface area contributed by atoms with Crippen LogP contribution in [0.1, 0.15) is 22.9 Å². The van der Waals surface area contributed by atoms with Crippen LogP contribution in [0.15, 0.2) is 42.5 Å². The highest BCUT2D eigenvalue weighted by molar-refractivity contribution is 6.05. The number of amides is 3. The number of aromatic nitrogens is 1. The Morgan fingerprint density at radius 2 is 1.67 bits per heavy atom. The highest BCUT2D eigenvalue weighted by Gasteiger charge is 2.52. The van der Waals surface area contributed by atoms with Crippen LogP contribution in [0.5, 0.6) is 11.5 Å². The molecule has 0 aliphatic carbocycles. The van der Waals surface area contributed by atoms with Crippen LogP contribution in [0.2, 0.25) is 0 Å². The lowest BCUT2D eigenvalue weighted by atomic mass is 9.88. The zero-order valence-electron chi connectivity index (χ0n) is 21.5. The van der Waals surface area contributed by atoms with E-state index in [2.05, 4.69) is 4.98 Å². The van der Waals surface area contributed by atoms with Crippen LogP contribution in [0.25, 0.3) is 10.9 Å². The van der Waals surface area contributed by atoms with Crippen molar-refractivity contribution in [1.29, 1.82) is 0 Å². The Morgan fingerprint density at radius 3 is 2.49 bits per heavy atom. The van der Waals surface area contributed by atoms with E-state index in [1.165, 1.54) is 4.90 Å². The summed E-state index contributed by atoms with van der Waals surface area (Å²) in [4.78, 5) is 33.8. The van der Waals surface area contributed by atoms with Gasteiger partial charge in [0.1, 0.15) is 12.1 Å². The summed E-state index contributed by atoms with van der Waals surface area (Å²) in [6, 6.07) is 12.2. The van der Waals surface area contributed by atoms with Crippen molar-refractivity contribution in [1.82, 2.24) is 14.8 Å². The molecule has 1 saturated heterocycles. The molecule has 3 aliphatic rings. The quantitative estimate of drug-likeness (QED) is 0.266. The summed E-state index contributed by atoms with van der Waals surface area (Å²) in [6.07, 6.45) is 0.439. The van der Waals surface area contributed by atoms with Gasteiger partial charge in [-0.3, -0.25) is 14.6 Å². The molecule has 206 valence electrons. The molecule has 11 heteroatoms. The van der Waals surface area contributed by atoms with Crippen LogP contribution >= 0.6 is 0 Å². The van der Waals surface area contributed by atoms with Gasteiger partial charge < -0.3 is 33.8 Å². The number of fused-ring (bicyclic) bond motifs is 5. The number of imide groups is 1. The zero-order valence-corrected chi connectivity index (χ0v) is 21.5. The van der Waals surface area contributed by atoms with Gasteiger partial charge >= 0.3 is 6.03 Å². The molecule has 2 atom stereocenters. The number of rotatable bonds is 12. The molecule has 11 nitrogen and oxygen atoms in total. The molecular formula is C28H31N3O8. The van der Waals surface area contributed by atoms with Gasteiger partial charge in [-0.1, -0.05) is 24.3 Å². The number of nitrogens with zero attached hydrogens (tertiary/aromatic N) is 2. The number of aliphatic hydroxyl groups excluding tert-OH is 1. The zero-order chi connectivity index (χ0) is 26.8. The van der Waals surface area contributed by atoms with Gasteiger partial charge in [-0.05, 0) is 29.3 Å². The van der Waals surface area contributed by atoms with Crippen molar-refractivity contribution in [3.8, 4) is 11.5 Å². The van der Waals surface area contributed by atoms with E-state index < -0.39 is 12.1 Å². The van der Waals surface area contributed by atoms with Crippen LogP contribution in [0.3, 0.4) is 0 Å². The van der Waals surface area contributed by atoms with E-state index >= 15 is 0 Å². The maximum absolute atomic E-state index is 13.7. The van der Waals surface area contributed by atoms with Gasteiger partial charge in [-0.2, -0.15) is 0 Å². The fraction of sp³-hybridized carbons (Fsp3) is 0.429. The Morgan fingerprint density at radius 1 is 0.923 bits per heavy atom. The highest BCUT2D eigenvalue weighted by Crippen LogP contribution is 2.45. The van der Waals surface area contributed by atoms with Crippen molar-refractivity contribution in [2.45, 2.75) is 18.5 Å². The van der Waals surface area contributed by atoms with E-state index in [9.17, 15) is 9.59 Å². The van der Waals surface area contributed by atoms with Crippen LogP contribution in [-0.2, 0) is 25.4 Å². The lowest BCUT2D eigenvalue weighted by molar-refractivity contribution is -0.129. The van der Waals surface area contributed by atoms with Gasteiger partial charge in [0.05, 0.1) is 52.8 Å². The van der Waals surface area contributed by atoms with Crippen molar-refractivity contribution >= 4 is 22.8 Å². The molecule has 2 aromatic carbocycles. The molecule has 1 fully saturated rings. The maximum atomic E-state index is 13.7. The summed E-state index contributed by atoms with van der Waals surface area (Å²) >= 11 is 0. The van der Waals surface area contributed by atoms with Crippen molar-refractivity contribution < 1.29 is 38.4 Å². The van der Waals surface area contributed by atoms with Gasteiger partial charge in [-0.25, -0.2) is 4.79 Å². The SMILES string of the molecule is O=C1[C@@H]2Cc3c([nH]c4ccccc34)[C@@H](c3ccc4c(c3)OCO4)N2C(=O)N1CCOCCOCCOCCO. The molecule has 3 aliphatic heterocycles. The molecule has 0 bridgehead atoms. The Bertz CT molecular complexity index is 1360. The van der Waals surface area contributed by atoms with Gasteiger partial charge in [0.25, 0.3) is 5.91 Å². The molecule has 0 unspecified atom stereocenters. The third-order valence-electron chi connectivity index (χ3n) is 7.29. The second kappa shape index (κ2) is 11.2. The average molecular weight is 538 g/mol. The van der Waals surface area contributed by atoms with E-state index in [0.29, 0.717) is 44.3 Å². The minimum atomic E-state index is -0.609. The lowest BCUT2D eigenvalue weighted by Gasteiger charge is -2.36. The number of carbonyl (C=O) groups is 2. The topological polar surface area (TPSA) is 123 Å². The smallest absolute Gasteiger partial charge is 0.328 e. The second-order valence-corrected chi connectivity index (χ2v) is 9.54. The van der Waals surface area contributed by atoms with Crippen LogP contribution in [0.4, 0.5) is 4.79 Å². The molecular weight excluding hydrogens is 506 g/mol. The van der Waals surface area contributed by atoms with Crippen molar-refractivity contribution in [2.75, 3.05) is 59.6 Å². The monoisotopic (exact) mass is 537 g/mol. The number of urea groups is 1. The summed E-state index contributed by atoms with van der Waals surface area (Å²) in [7, 11) is 0. The average Bonchev–Trinajstić information content (AvgIpc) is 3.64. The first-order valence-corrected chi connectivity index (χ1v) is 13.1. The molecule has 2 N–H and O–H groups in total. The molecule has 3 aromatic rings. The highest BCUT2D eigenvalue weighted by atomic mass is 16.7. The first kappa shape index (κ1) is 25.6. The number of nitrogens with one attached hydrogen (secondary N) is 1. The number of hydrogen-bond donors (Lipinski definition) is 2. The summed E-state index contributed by atoms with van der Waals surface area (Å²) < 4.78 is 27.3. The number of hydrogen-bond acceptors (Lipinski definition) is 8. The second-order valence-electron chi connectivity index (χ2n) is 9.54. The van der Waals surface area contributed by atoms with Crippen molar-refractivity contribution in [3.63, 3.8) is 0 Å². The van der Waals surface area contributed by atoms with Gasteiger partial charge in [0, 0.05) is 23.0 Å². The molecule has 3 amide bonds. The van der Waals surface area contributed by atoms with Crippen molar-refractivity contribution in [2.24, 2.45) is 0 Å². The van der Waals surface area contributed by atoms with E-state index in [1.54, 1.807) is 4.90 Å². The number of ether oxygens (including phenoxy) is 5. The fourth-order valence-corrected chi connectivity index (χ4v) is 5.53. The van der Waals surface area contributed by atoms with E-state index in [1.807, 2.05) is 42.5 Å². The number of para-hydroxylation sites is 1. The molecule has 4 heterocycles. The number of carbonyl (C=O) groups excluding carboxylic acids is 2. The first-order chi connectivity index (χ1) is 19.2. The summed E-state index contributed by atoms with van der Waals surface area (Å²) in [5.41, 5.74) is 3.78. The fourth-order valence-electron chi connectivity index (χ4n) is 5.53. The Labute approximate surface area is 225 Å². The van der Waals surface area contributed by atoms with Crippen LogP contribution in [0, 0.1) is 0 Å². The maximum Gasteiger partial charge on any atom is 0.328 e. The molecule has 0 radical (unpaired) electrons. The lowest BCUT2D eigenvalue weighted by Crippen LogP contribution is -2.44. The molecule has 0 saturated carbocycles. The number of H-pyrrole nitrogens is 1. The summed E-state index contributed by atoms with van der Waals surface area (Å²) in [5.74, 6) is 1.06. The Kier molecular flexibility index (Phi) is 7.38. The standard InChI is InChI=1S/C28H31N3O8/c32-8-10-36-12-14-37-13-11-35-9-7-30-27(33)22-16-20-19-3-1-2-4-21(19)29-25(20)26(31(22)28(30)34)18-5-6-23-24(15-18)39-17-38-23/h1-6,15,22,26,29,32H,7-14,16-17H2/t22-,26+/m0/s1. The van der Waals surface area contributed by atoms with Gasteiger partial charge in [0.2, 0.25) is 6.79 Å². The predicted molar refractivity (Wildman–Crippen MR) is 139 cm³/mol. The normalized spacial score (nSPS) is 19.7. The Balaban J connectivity index is 1.18. The van der Waals surface area contributed by atoms with Gasteiger partial charge in [0.15, 0.2) is 11.5 Å². The first-order valence-electron chi connectivity index (χ1n) is 13.1. The number of aromatic amines is 1. The van der Waals surface area contributed by atoms with E-state index in [0.717, 1.165) is 27.7 Å². The predicted octanol–water partition coefficient (Wildman–Crippen LogP) is 2.22. The number of aliphatic hydroxyl groups is 1. The molecule has 6 rings (SSSR count). The van der Waals surface area contributed by atoms with E-state index in [-0.39, 0.29) is 45.1 Å². The molecule has 1 aromatic heterocycles. The Hall–Kier alpha value is -3.64. The minimum Gasteiger partial charge on any atom is -0.454 e. The van der Waals surface area contributed by atoms with E-state index in [4.69, 9.17) is 28.8 Å². The molecule has 0 spiro atoms. The van der Waals surface area contributed by atoms with Gasteiger partial charge in [-0.15, -0.1) is 0 Å². The largest absolute Gasteiger partial charge is 0.454 e.